The van der Waals surface area contributed by atoms with Crippen molar-refractivity contribution in [3.05, 3.63) is 34.9 Å². The molecule has 0 saturated carbocycles. The number of aromatic carboxylic acids is 1. The molecule has 20 heavy (non-hydrogen) atoms. The van der Waals surface area contributed by atoms with Crippen LogP contribution in [0.15, 0.2) is 12.1 Å². The van der Waals surface area contributed by atoms with E-state index in [1.54, 1.807) is 0 Å². The van der Waals surface area contributed by atoms with Gasteiger partial charge in [-0.1, -0.05) is 13.8 Å². The first-order valence-corrected chi connectivity index (χ1v) is 6.32. The number of benzene rings is 1. The van der Waals surface area contributed by atoms with Gasteiger partial charge in [-0.25, -0.2) is 13.6 Å². The van der Waals surface area contributed by atoms with Gasteiger partial charge in [0.15, 0.2) is 11.6 Å². The molecule has 1 amide bonds. The number of rotatable bonds is 5. The Morgan fingerprint density at radius 1 is 1.15 bits per heavy atom. The summed E-state index contributed by atoms with van der Waals surface area (Å²) in [5, 5.41) is 9.00. The SMILES string of the molecule is CCC(CC)N(C)C(=O)c1cc(F)c(F)cc1C(=O)O. The molecule has 0 aliphatic rings. The van der Waals surface area contributed by atoms with Crippen LogP contribution >= 0.6 is 0 Å². The quantitative estimate of drug-likeness (QED) is 0.905. The summed E-state index contributed by atoms with van der Waals surface area (Å²) in [6.07, 6.45) is 1.37. The number of carbonyl (C=O) groups excluding carboxylic acids is 1. The Hall–Kier alpha value is -1.98. The van der Waals surface area contributed by atoms with Crippen LogP contribution in [0.4, 0.5) is 8.78 Å². The number of halogens is 2. The highest BCUT2D eigenvalue weighted by Gasteiger charge is 2.25. The van der Waals surface area contributed by atoms with E-state index in [9.17, 15) is 18.4 Å². The van der Waals surface area contributed by atoms with E-state index in [-0.39, 0.29) is 11.6 Å². The molecule has 0 saturated heterocycles. The maximum absolute atomic E-state index is 13.3. The van der Waals surface area contributed by atoms with E-state index in [1.165, 1.54) is 11.9 Å². The Labute approximate surface area is 116 Å². The Morgan fingerprint density at radius 3 is 2.00 bits per heavy atom. The summed E-state index contributed by atoms with van der Waals surface area (Å²) in [5.74, 6) is -4.62. The van der Waals surface area contributed by atoms with E-state index < -0.39 is 29.1 Å². The molecule has 0 bridgehead atoms. The third-order valence-electron chi connectivity index (χ3n) is 3.33. The first kappa shape index (κ1) is 16.1. The van der Waals surface area contributed by atoms with Crippen LogP contribution in [0.25, 0.3) is 0 Å². The average Bonchev–Trinajstić information content (AvgIpc) is 2.41. The molecule has 1 rings (SSSR count). The zero-order chi connectivity index (χ0) is 15.4. The Balaban J connectivity index is 3.27. The van der Waals surface area contributed by atoms with Gasteiger partial charge in [0.05, 0.1) is 11.1 Å². The topological polar surface area (TPSA) is 57.6 Å². The fraction of sp³-hybridized carbons (Fsp3) is 0.429. The Morgan fingerprint density at radius 2 is 1.60 bits per heavy atom. The first-order chi connectivity index (χ1) is 9.33. The van der Waals surface area contributed by atoms with Crippen LogP contribution in [0.3, 0.4) is 0 Å². The summed E-state index contributed by atoms with van der Waals surface area (Å²) in [4.78, 5) is 24.7. The predicted octanol–water partition coefficient (Wildman–Crippen LogP) is 2.92. The third-order valence-corrected chi connectivity index (χ3v) is 3.33. The zero-order valence-electron chi connectivity index (χ0n) is 11.6. The lowest BCUT2D eigenvalue weighted by molar-refractivity contribution is 0.0665. The Kier molecular flexibility index (Phi) is 5.19. The van der Waals surface area contributed by atoms with Gasteiger partial charge in [0.2, 0.25) is 0 Å². The number of carboxylic acids is 1. The molecule has 0 radical (unpaired) electrons. The predicted molar refractivity (Wildman–Crippen MR) is 69.8 cm³/mol. The summed E-state index contributed by atoms with van der Waals surface area (Å²) in [6, 6.07) is 1.09. The van der Waals surface area contributed by atoms with Crippen LogP contribution in [0.2, 0.25) is 0 Å². The number of amides is 1. The minimum absolute atomic E-state index is 0.0859. The molecule has 4 nitrogen and oxygen atoms in total. The lowest BCUT2D eigenvalue weighted by atomic mass is 10.0. The molecule has 1 aromatic carbocycles. The summed E-state index contributed by atoms with van der Waals surface area (Å²) in [5.41, 5.74) is -0.877. The molecule has 0 fully saturated rings. The second-order valence-corrected chi connectivity index (χ2v) is 4.50. The second kappa shape index (κ2) is 6.45. The molecule has 0 atom stereocenters. The molecule has 0 unspecified atom stereocenters. The number of carboxylic acid groups (broad SMARTS) is 1. The maximum Gasteiger partial charge on any atom is 0.336 e. The molecule has 0 aliphatic carbocycles. The summed E-state index contributed by atoms with van der Waals surface area (Å²) in [7, 11) is 1.52. The molecular formula is C14H17F2NO3. The summed E-state index contributed by atoms with van der Waals surface area (Å²) >= 11 is 0. The standard InChI is InChI=1S/C14H17F2NO3/c1-4-8(5-2)17(3)13(18)9-6-11(15)12(16)7-10(9)14(19)20/h6-8H,4-5H2,1-3H3,(H,19,20). The van der Waals surface area contributed by atoms with Gasteiger partial charge < -0.3 is 10.0 Å². The van der Waals surface area contributed by atoms with E-state index in [4.69, 9.17) is 5.11 Å². The van der Waals surface area contributed by atoms with E-state index in [1.807, 2.05) is 13.8 Å². The van der Waals surface area contributed by atoms with Gasteiger partial charge in [0, 0.05) is 13.1 Å². The summed E-state index contributed by atoms with van der Waals surface area (Å²) < 4.78 is 26.4. The van der Waals surface area contributed by atoms with Crippen molar-refractivity contribution >= 4 is 11.9 Å². The Bertz CT molecular complexity index is 527. The van der Waals surface area contributed by atoms with E-state index in [2.05, 4.69) is 0 Å². The van der Waals surface area contributed by atoms with Gasteiger partial charge in [0.25, 0.3) is 5.91 Å². The number of carbonyl (C=O) groups is 2. The fourth-order valence-electron chi connectivity index (χ4n) is 2.09. The van der Waals surface area contributed by atoms with Crippen LogP contribution in [-0.2, 0) is 0 Å². The molecule has 1 aromatic rings. The van der Waals surface area contributed by atoms with Crippen molar-refractivity contribution in [2.45, 2.75) is 32.7 Å². The van der Waals surface area contributed by atoms with Crippen molar-refractivity contribution in [2.24, 2.45) is 0 Å². The smallest absolute Gasteiger partial charge is 0.336 e. The van der Waals surface area contributed by atoms with Crippen molar-refractivity contribution in [3.8, 4) is 0 Å². The molecular weight excluding hydrogens is 268 g/mol. The van der Waals surface area contributed by atoms with Gasteiger partial charge >= 0.3 is 5.97 Å². The molecule has 0 spiro atoms. The zero-order valence-corrected chi connectivity index (χ0v) is 11.6. The van der Waals surface area contributed by atoms with Crippen LogP contribution in [0.1, 0.15) is 47.4 Å². The highest BCUT2D eigenvalue weighted by Crippen LogP contribution is 2.19. The van der Waals surface area contributed by atoms with Crippen molar-refractivity contribution in [1.82, 2.24) is 4.90 Å². The second-order valence-electron chi connectivity index (χ2n) is 4.50. The average molecular weight is 285 g/mol. The van der Waals surface area contributed by atoms with Crippen LogP contribution in [0, 0.1) is 11.6 Å². The van der Waals surface area contributed by atoms with Crippen LogP contribution in [0.5, 0.6) is 0 Å². The largest absolute Gasteiger partial charge is 0.478 e. The maximum atomic E-state index is 13.3. The van der Waals surface area contributed by atoms with E-state index in [0.717, 1.165) is 0 Å². The first-order valence-electron chi connectivity index (χ1n) is 6.32. The molecule has 0 heterocycles. The normalized spacial score (nSPS) is 10.7. The van der Waals surface area contributed by atoms with Gasteiger partial charge in [-0.2, -0.15) is 0 Å². The summed E-state index contributed by atoms with van der Waals surface area (Å²) in [6.45, 7) is 3.78. The van der Waals surface area contributed by atoms with Gasteiger partial charge in [-0.05, 0) is 25.0 Å². The molecule has 0 aromatic heterocycles. The number of hydrogen-bond donors (Lipinski definition) is 1. The monoisotopic (exact) mass is 285 g/mol. The van der Waals surface area contributed by atoms with Gasteiger partial charge in [0.1, 0.15) is 0 Å². The van der Waals surface area contributed by atoms with Gasteiger partial charge in [-0.3, -0.25) is 4.79 Å². The lowest BCUT2D eigenvalue weighted by Crippen LogP contribution is -2.37. The van der Waals surface area contributed by atoms with Crippen molar-refractivity contribution in [2.75, 3.05) is 7.05 Å². The van der Waals surface area contributed by atoms with Crippen molar-refractivity contribution < 1.29 is 23.5 Å². The van der Waals surface area contributed by atoms with Crippen molar-refractivity contribution in [3.63, 3.8) is 0 Å². The molecule has 0 aliphatic heterocycles. The molecule has 110 valence electrons. The van der Waals surface area contributed by atoms with E-state index >= 15 is 0 Å². The molecule has 1 N–H and O–H groups in total. The highest BCUT2D eigenvalue weighted by molar-refractivity contribution is 6.04. The number of nitrogens with zero attached hydrogens (tertiary/aromatic N) is 1. The van der Waals surface area contributed by atoms with Gasteiger partial charge in [-0.15, -0.1) is 0 Å². The minimum atomic E-state index is -1.47. The minimum Gasteiger partial charge on any atom is -0.478 e. The number of hydrogen-bond acceptors (Lipinski definition) is 2. The van der Waals surface area contributed by atoms with Crippen LogP contribution < -0.4 is 0 Å². The molecule has 6 heteroatoms. The van der Waals surface area contributed by atoms with Crippen LogP contribution in [-0.4, -0.2) is 35.0 Å². The lowest BCUT2D eigenvalue weighted by Gasteiger charge is -2.26. The van der Waals surface area contributed by atoms with E-state index in [0.29, 0.717) is 25.0 Å². The van der Waals surface area contributed by atoms with Crippen molar-refractivity contribution in [1.29, 1.82) is 0 Å². The fourth-order valence-corrected chi connectivity index (χ4v) is 2.09. The third kappa shape index (κ3) is 3.12. The highest BCUT2D eigenvalue weighted by atomic mass is 19.2.